The number of alkyl halides is 3. The molecule has 45 heavy (non-hydrogen) atoms. The molecule has 242 valence electrons. The van der Waals surface area contributed by atoms with E-state index in [4.69, 9.17) is 9.47 Å². The maximum atomic E-state index is 13.8. The van der Waals surface area contributed by atoms with Crippen LogP contribution >= 0.6 is 0 Å². The normalized spacial score (nSPS) is 26.2. The topological polar surface area (TPSA) is 101 Å². The van der Waals surface area contributed by atoms with Crippen LogP contribution in [0.15, 0.2) is 53.5 Å². The van der Waals surface area contributed by atoms with E-state index in [1.165, 1.54) is 6.07 Å². The summed E-state index contributed by atoms with van der Waals surface area (Å²) in [7, 11) is 0.403. The number of fused-ring (bicyclic) bond motifs is 2. The number of hydrogen-bond acceptors (Lipinski definition) is 6. The van der Waals surface area contributed by atoms with Crippen molar-refractivity contribution in [3.63, 3.8) is 0 Å². The minimum absolute atomic E-state index is 0.0153. The quantitative estimate of drug-likeness (QED) is 0.436. The fourth-order valence-corrected chi connectivity index (χ4v) is 6.82. The van der Waals surface area contributed by atoms with Crippen molar-refractivity contribution in [2.24, 2.45) is 4.99 Å². The molecule has 1 unspecified atom stereocenters. The van der Waals surface area contributed by atoms with Crippen molar-refractivity contribution in [3.8, 4) is 5.75 Å². The molecule has 5 heterocycles. The fourth-order valence-electron chi connectivity index (χ4n) is 5.58. The molecular weight excluding hydrogens is 609 g/mol. The summed E-state index contributed by atoms with van der Waals surface area (Å²) in [6.07, 6.45) is 0.532. The monoisotopic (exact) mass is 646 g/mol. The van der Waals surface area contributed by atoms with Gasteiger partial charge in [-0.1, -0.05) is 18.2 Å². The van der Waals surface area contributed by atoms with E-state index >= 15 is 0 Å². The van der Waals surface area contributed by atoms with Crippen LogP contribution in [0.25, 0.3) is 0 Å². The first-order valence-electron chi connectivity index (χ1n) is 14.9. The van der Waals surface area contributed by atoms with Gasteiger partial charge in [0.1, 0.15) is 17.1 Å². The SMILES string of the molecule is Cc1cc2ccc1CCS(=O)N1CCC3(CC1)N=C(NC3=O)c1cc(cc(C(F)(F)F)c1)OCC/C=C/COCCN(C)C2=O. The number of hydrogen-bond donors (Lipinski definition) is 1. The highest BCUT2D eigenvalue weighted by Gasteiger charge is 2.47. The van der Waals surface area contributed by atoms with Crippen molar-refractivity contribution in [2.45, 2.75) is 44.3 Å². The first-order valence-corrected chi connectivity index (χ1v) is 16.2. The molecule has 0 radical (unpaired) electrons. The van der Waals surface area contributed by atoms with Crippen molar-refractivity contribution >= 4 is 28.6 Å². The Hall–Kier alpha value is -3.55. The average Bonchev–Trinajstić information content (AvgIpc) is 3.33. The molecule has 5 aliphatic rings. The van der Waals surface area contributed by atoms with Gasteiger partial charge in [-0.25, -0.2) is 8.51 Å². The molecule has 1 atom stereocenters. The minimum Gasteiger partial charge on any atom is -0.493 e. The summed E-state index contributed by atoms with van der Waals surface area (Å²) in [5.41, 5.74) is 0.585. The van der Waals surface area contributed by atoms with Crippen LogP contribution < -0.4 is 10.1 Å². The number of aliphatic imine (C=N–C) groups is 1. The molecule has 9 nitrogen and oxygen atoms in total. The van der Waals surface area contributed by atoms with Gasteiger partial charge in [0.15, 0.2) is 0 Å². The van der Waals surface area contributed by atoms with Crippen LogP contribution in [0.3, 0.4) is 0 Å². The van der Waals surface area contributed by atoms with Gasteiger partial charge < -0.3 is 19.7 Å². The summed E-state index contributed by atoms with van der Waals surface area (Å²) in [6.45, 7) is 3.80. The molecule has 5 aliphatic heterocycles. The number of nitrogens with zero attached hydrogens (tertiary/aromatic N) is 3. The number of halogens is 3. The van der Waals surface area contributed by atoms with Crippen molar-refractivity contribution < 1.29 is 36.4 Å². The molecule has 0 aliphatic carbocycles. The maximum absolute atomic E-state index is 13.8. The Labute approximate surface area is 263 Å². The Balaban J connectivity index is 1.37. The Morgan fingerprint density at radius 3 is 2.51 bits per heavy atom. The molecule has 7 rings (SSSR count). The number of amides is 2. The first kappa shape index (κ1) is 32.8. The third-order valence-electron chi connectivity index (χ3n) is 8.31. The lowest BCUT2D eigenvalue weighted by atomic mass is 9.89. The molecule has 1 N–H and O–H groups in total. The Bertz CT molecular complexity index is 1520. The van der Waals surface area contributed by atoms with Crippen LogP contribution in [0.1, 0.15) is 51.9 Å². The van der Waals surface area contributed by atoms with Gasteiger partial charge in [-0.05, 0) is 74.1 Å². The number of amidine groups is 1. The highest BCUT2D eigenvalue weighted by molar-refractivity contribution is 7.82. The summed E-state index contributed by atoms with van der Waals surface area (Å²) in [6, 6.07) is 8.87. The number of carbonyl (C=O) groups is 2. The zero-order chi connectivity index (χ0) is 32.2. The lowest BCUT2D eigenvalue weighted by Gasteiger charge is -2.34. The molecule has 2 amide bonds. The average molecular weight is 647 g/mol. The van der Waals surface area contributed by atoms with Crippen molar-refractivity contribution in [3.05, 3.63) is 76.4 Å². The molecule has 7 bridgehead atoms. The first-order chi connectivity index (χ1) is 21.4. The van der Waals surface area contributed by atoms with Gasteiger partial charge in [-0.3, -0.25) is 14.6 Å². The number of benzene rings is 2. The molecule has 0 saturated carbocycles. The van der Waals surface area contributed by atoms with Crippen LogP contribution in [0.5, 0.6) is 5.75 Å². The van der Waals surface area contributed by atoms with Crippen LogP contribution in [0, 0.1) is 6.92 Å². The molecule has 0 aromatic heterocycles. The molecule has 13 heteroatoms. The van der Waals surface area contributed by atoms with E-state index in [-0.39, 0.29) is 48.4 Å². The van der Waals surface area contributed by atoms with Gasteiger partial charge in [0.05, 0.1) is 36.4 Å². The second kappa shape index (κ2) is 13.8. The molecule has 1 saturated heterocycles. The van der Waals surface area contributed by atoms with Crippen molar-refractivity contribution in [2.75, 3.05) is 52.3 Å². The van der Waals surface area contributed by atoms with Gasteiger partial charge in [0.2, 0.25) is 0 Å². The fraction of sp³-hybridized carbons (Fsp3) is 0.469. The number of nitrogens with one attached hydrogen (secondary N) is 1. The predicted molar refractivity (Wildman–Crippen MR) is 165 cm³/mol. The molecule has 2 aromatic rings. The van der Waals surface area contributed by atoms with Crippen LogP contribution in [0.2, 0.25) is 0 Å². The van der Waals surface area contributed by atoms with E-state index in [1.54, 1.807) is 24.1 Å². The number of aryl methyl sites for hydroxylation is 2. The Kier molecular flexibility index (Phi) is 10.1. The number of ether oxygens (including phenoxy) is 2. The van der Waals surface area contributed by atoms with Crippen molar-refractivity contribution in [1.29, 1.82) is 0 Å². The second-order valence-electron chi connectivity index (χ2n) is 11.4. The molecule has 1 spiro atoms. The number of likely N-dealkylation sites (N-methyl/N-ethyl adjacent to an activating group) is 1. The van der Waals surface area contributed by atoms with Crippen LogP contribution in [0.4, 0.5) is 13.2 Å². The molecular formula is C32H37F3N4O5S. The third kappa shape index (κ3) is 7.82. The summed E-state index contributed by atoms with van der Waals surface area (Å²) in [4.78, 5) is 32.3. The van der Waals surface area contributed by atoms with E-state index in [0.29, 0.717) is 57.0 Å². The van der Waals surface area contributed by atoms with Crippen molar-refractivity contribution in [1.82, 2.24) is 14.5 Å². The van der Waals surface area contributed by atoms with Gasteiger partial charge in [0.25, 0.3) is 11.8 Å². The van der Waals surface area contributed by atoms with E-state index in [9.17, 15) is 27.0 Å². The standard InChI is InChI=1S/C32H37F3N4O5S/c1-22-18-24-7-6-23(22)8-17-45(42)39-11-9-31(10-12-39)30(41)36-28(37-31)25-19-26(32(33,34)35)21-27(20-25)44-15-5-3-4-14-43-16-13-38(2)29(24)40/h3-4,6-7,18-21H,5,8-17H2,1-2H3,(H,36,37,41)/b4-3+. The highest BCUT2D eigenvalue weighted by Crippen LogP contribution is 2.35. The van der Waals surface area contributed by atoms with Gasteiger partial charge in [-0.2, -0.15) is 13.2 Å². The van der Waals surface area contributed by atoms with Crippen LogP contribution in [-0.2, 0) is 33.1 Å². The summed E-state index contributed by atoms with van der Waals surface area (Å²) in [5.74, 6) is -0.0343. The molecule has 1 fully saturated rings. The summed E-state index contributed by atoms with van der Waals surface area (Å²) < 4.78 is 67.6. The zero-order valence-corrected chi connectivity index (χ0v) is 26.1. The maximum Gasteiger partial charge on any atom is 0.416 e. The smallest absolute Gasteiger partial charge is 0.416 e. The predicted octanol–water partition coefficient (Wildman–Crippen LogP) is 4.06. The van der Waals surface area contributed by atoms with Gasteiger partial charge in [0, 0.05) is 43.6 Å². The zero-order valence-electron chi connectivity index (χ0n) is 25.3. The molecule has 2 aromatic carbocycles. The highest BCUT2D eigenvalue weighted by atomic mass is 32.2. The van der Waals surface area contributed by atoms with E-state index in [1.807, 2.05) is 29.4 Å². The van der Waals surface area contributed by atoms with Crippen LogP contribution in [-0.4, -0.2) is 88.9 Å². The number of carbonyl (C=O) groups excluding carboxylic acids is 2. The number of rotatable bonds is 0. The second-order valence-corrected chi connectivity index (χ2v) is 13.0. The van der Waals surface area contributed by atoms with E-state index < -0.39 is 28.3 Å². The van der Waals surface area contributed by atoms with E-state index in [0.717, 1.165) is 23.3 Å². The summed E-state index contributed by atoms with van der Waals surface area (Å²) >= 11 is 0. The van der Waals surface area contributed by atoms with Gasteiger partial charge >= 0.3 is 6.18 Å². The summed E-state index contributed by atoms with van der Waals surface area (Å²) in [5, 5.41) is 2.69. The van der Waals surface area contributed by atoms with Gasteiger partial charge in [-0.15, -0.1) is 0 Å². The Morgan fingerprint density at radius 1 is 1.00 bits per heavy atom. The lowest BCUT2D eigenvalue weighted by Crippen LogP contribution is -2.49. The number of piperidine rings is 1. The third-order valence-corrected chi connectivity index (χ3v) is 9.81. The van der Waals surface area contributed by atoms with E-state index in [2.05, 4.69) is 10.3 Å². The Morgan fingerprint density at radius 2 is 1.78 bits per heavy atom. The largest absolute Gasteiger partial charge is 0.493 e. The lowest BCUT2D eigenvalue weighted by molar-refractivity contribution is -0.137. The minimum atomic E-state index is -4.62.